The summed E-state index contributed by atoms with van der Waals surface area (Å²) in [6.45, 7) is 5.62. The highest BCUT2D eigenvalue weighted by molar-refractivity contribution is 14.0. The highest BCUT2D eigenvalue weighted by Gasteiger charge is 2.27. The van der Waals surface area contributed by atoms with E-state index >= 15 is 0 Å². The van der Waals surface area contributed by atoms with Crippen molar-refractivity contribution < 1.29 is 0 Å². The maximum absolute atomic E-state index is 6.30. The molecular formula is C21H27ClIN5. The summed E-state index contributed by atoms with van der Waals surface area (Å²) in [5, 5.41) is 7.68. The number of nitrogens with zero attached hydrogens (tertiary/aromatic N) is 3. The third kappa shape index (κ3) is 4.71. The van der Waals surface area contributed by atoms with Crippen LogP contribution in [0.2, 0.25) is 5.02 Å². The maximum atomic E-state index is 6.30. The average molecular weight is 512 g/mol. The molecule has 1 aromatic heterocycles. The van der Waals surface area contributed by atoms with Crippen LogP contribution in [0, 0.1) is 0 Å². The number of pyridine rings is 1. The Morgan fingerprint density at radius 3 is 2.93 bits per heavy atom. The number of guanidine groups is 1. The molecule has 1 saturated heterocycles. The van der Waals surface area contributed by atoms with E-state index in [9.17, 15) is 0 Å². The van der Waals surface area contributed by atoms with E-state index in [-0.39, 0.29) is 24.0 Å². The van der Waals surface area contributed by atoms with Gasteiger partial charge < -0.3 is 15.5 Å². The Balaban J connectivity index is 0.00000225. The van der Waals surface area contributed by atoms with Crippen molar-refractivity contribution in [2.75, 3.05) is 31.1 Å². The number of aliphatic imine (C=N–C) groups is 1. The fourth-order valence-corrected chi connectivity index (χ4v) is 4.16. The molecule has 5 nitrogen and oxygen atoms in total. The smallest absolute Gasteiger partial charge is 0.191 e. The summed E-state index contributed by atoms with van der Waals surface area (Å²) >= 11 is 6.30. The van der Waals surface area contributed by atoms with Crippen molar-refractivity contribution in [1.29, 1.82) is 0 Å². The lowest BCUT2D eigenvalue weighted by Gasteiger charge is -2.29. The van der Waals surface area contributed by atoms with Crippen molar-refractivity contribution in [3.63, 3.8) is 0 Å². The minimum Gasteiger partial charge on any atom is -0.357 e. The molecule has 2 aliphatic rings. The summed E-state index contributed by atoms with van der Waals surface area (Å²) < 4.78 is 0. The lowest BCUT2D eigenvalue weighted by Crippen LogP contribution is -2.45. The number of fused-ring (bicyclic) bond motifs is 1. The van der Waals surface area contributed by atoms with E-state index in [1.807, 2.05) is 12.1 Å². The van der Waals surface area contributed by atoms with Crippen LogP contribution in [0.5, 0.6) is 0 Å². The van der Waals surface area contributed by atoms with Crippen molar-refractivity contribution in [1.82, 2.24) is 15.6 Å². The van der Waals surface area contributed by atoms with Crippen LogP contribution in [0.3, 0.4) is 0 Å². The number of anilines is 1. The van der Waals surface area contributed by atoms with E-state index in [1.165, 1.54) is 11.1 Å². The first kappa shape index (κ1) is 21.2. The van der Waals surface area contributed by atoms with Gasteiger partial charge in [-0.25, -0.2) is 4.98 Å². The molecule has 2 aromatic rings. The molecule has 2 unspecified atom stereocenters. The monoisotopic (exact) mass is 511 g/mol. The van der Waals surface area contributed by atoms with Crippen LogP contribution >= 0.6 is 35.6 Å². The van der Waals surface area contributed by atoms with Gasteiger partial charge in [-0.2, -0.15) is 0 Å². The molecule has 2 N–H and O–H groups in total. The number of hydrogen-bond donors (Lipinski definition) is 2. The second-order valence-corrected chi connectivity index (χ2v) is 7.61. The molecule has 0 bridgehead atoms. The van der Waals surface area contributed by atoms with Crippen molar-refractivity contribution >= 4 is 47.4 Å². The van der Waals surface area contributed by atoms with Crippen LogP contribution in [0.25, 0.3) is 0 Å². The first-order valence-electron chi connectivity index (χ1n) is 9.72. The van der Waals surface area contributed by atoms with Gasteiger partial charge in [0.15, 0.2) is 5.96 Å². The van der Waals surface area contributed by atoms with E-state index in [0.717, 1.165) is 50.8 Å². The molecule has 2 atom stereocenters. The molecule has 1 aliphatic carbocycles. The molecular weight excluding hydrogens is 485 g/mol. The van der Waals surface area contributed by atoms with Gasteiger partial charge in [-0.05, 0) is 43.0 Å². The summed E-state index contributed by atoms with van der Waals surface area (Å²) in [7, 11) is 0. The van der Waals surface area contributed by atoms with Gasteiger partial charge in [-0.3, -0.25) is 4.99 Å². The van der Waals surface area contributed by atoms with E-state index in [1.54, 1.807) is 6.20 Å². The highest BCUT2D eigenvalue weighted by Crippen LogP contribution is 2.34. The molecule has 1 fully saturated rings. The number of hydrogen-bond acceptors (Lipinski definition) is 3. The average Bonchev–Trinajstić information content (AvgIpc) is 3.11. The zero-order chi connectivity index (χ0) is 18.6. The van der Waals surface area contributed by atoms with Crippen molar-refractivity contribution in [2.24, 2.45) is 4.99 Å². The molecule has 1 aliphatic heterocycles. The van der Waals surface area contributed by atoms with E-state index in [2.05, 4.69) is 51.7 Å². The van der Waals surface area contributed by atoms with Crippen LogP contribution in [0.15, 0.2) is 47.6 Å². The van der Waals surface area contributed by atoms with Crippen LogP contribution in [0.1, 0.15) is 30.4 Å². The Morgan fingerprint density at radius 2 is 2.14 bits per heavy atom. The van der Waals surface area contributed by atoms with Gasteiger partial charge >= 0.3 is 0 Å². The van der Waals surface area contributed by atoms with Crippen molar-refractivity contribution in [3.05, 3.63) is 58.7 Å². The lowest BCUT2D eigenvalue weighted by atomic mass is 9.78. The lowest BCUT2D eigenvalue weighted by molar-refractivity contribution is 0.605. The minimum atomic E-state index is 0. The Hall–Kier alpha value is -1.54. The van der Waals surface area contributed by atoms with Gasteiger partial charge in [0.1, 0.15) is 5.82 Å². The van der Waals surface area contributed by atoms with Gasteiger partial charge in [0.05, 0.1) is 5.02 Å². The summed E-state index contributed by atoms with van der Waals surface area (Å²) in [4.78, 5) is 11.5. The van der Waals surface area contributed by atoms with E-state index in [0.29, 0.717) is 17.0 Å². The number of aromatic nitrogens is 1. The number of rotatable bonds is 5. The van der Waals surface area contributed by atoms with Gasteiger partial charge in [-0.1, -0.05) is 35.9 Å². The molecule has 0 amide bonds. The molecule has 7 heteroatoms. The predicted octanol–water partition coefficient (Wildman–Crippen LogP) is 3.83. The Kier molecular flexibility index (Phi) is 7.40. The minimum absolute atomic E-state index is 0. The summed E-state index contributed by atoms with van der Waals surface area (Å²) in [5.41, 5.74) is 2.92. The molecule has 4 rings (SSSR count). The zero-order valence-corrected chi connectivity index (χ0v) is 19.2. The second-order valence-electron chi connectivity index (χ2n) is 7.20. The summed E-state index contributed by atoms with van der Waals surface area (Å²) in [6, 6.07) is 12.8. The van der Waals surface area contributed by atoms with Crippen LogP contribution in [0.4, 0.5) is 5.82 Å². The van der Waals surface area contributed by atoms with Gasteiger partial charge in [0.2, 0.25) is 0 Å². The van der Waals surface area contributed by atoms with Gasteiger partial charge in [0, 0.05) is 44.3 Å². The molecule has 2 heterocycles. The predicted molar refractivity (Wildman–Crippen MR) is 127 cm³/mol. The number of nitrogens with one attached hydrogen (secondary N) is 2. The van der Waals surface area contributed by atoms with E-state index < -0.39 is 0 Å². The first-order chi connectivity index (χ1) is 13.2. The van der Waals surface area contributed by atoms with Gasteiger partial charge in [-0.15, -0.1) is 24.0 Å². The third-order valence-electron chi connectivity index (χ3n) is 5.34. The Labute approximate surface area is 189 Å². The molecule has 0 saturated carbocycles. The number of benzene rings is 1. The quantitative estimate of drug-likeness (QED) is 0.364. The molecule has 150 valence electrons. The SMILES string of the molecule is CCNC(=NCC1Cc2ccccc21)NC1CCN(c2ncccc2Cl)C1.I. The third-order valence-corrected chi connectivity index (χ3v) is 5.64. The van der Waals surface area contributed by atoms with Crippen molar-refractivity contribution in [2.45, 2.75) is 31.7 Å². The standard InChI is InChI=1S/C21H26ClN5.HI/c1-2-23-21(25-13-16-12-15-6-3-4-7-18(15)16)26-17-9-11-27(14-17)20-19(22)8-5-10-24-20;/h3-8,10,16-17H,2,9,11-14H2,1H3,(H2,23,25,26);1H. The Morgan fingerprint density at radius 1 is 1.29 bits per heavy atom. The van der Waals surface area contributed by atoms with Gasteiger partial charge in [0.25, 0.3) is 0 Å². The molecule has 0 spiro atoms. The first-order valence-corrected chi connectivity index (χ1v) is 10.1. The molecule has 28 heavy (non-hydrogen) atoms. The summed E-state index contributed by atoms with van der Waals surface area (Å²) in [6.07, 6.45) is 3.97. The second kappa shape index (κ2) is 9.78. The fourth-order valence-electron chi connectivity index (χ4n) is 3.92. The highest BCUT2D eigenvalue weighted by atomic mass is 127. The van der Waals surface area contributed by atoms with Crippen LogP contribution in [-0.4, -0.2) is 43.2 Å². The zero-order valence-electron chi connectivity index (χ0n) is 16.1. The van der Waals surface area contributed by atoms with Crippen LogP contribution in [-0.2, 0) is 6.42 Å². The van der Waals surface area contributed by atoms with Crippen LogP contribution < -0.4 is 15.5 Å². The molecule has 0 radical (unpaired) electrons. The maximum Gasteiger partial charge on any atom is 0.191 e. The fraction of sp³-hybridized carbons (Fsp3) is 0.429. The van der Waals surface area contributed by atoms with E-state index in [4.69, 9.17) is 16.6 Å². The summed E-state index contributed by atoms with van der Waals surface area (Å²) in [5.74, 6) is 2.32. The largest absolute Gasteiger partial charge is 0.357 e. The molecule has 1 aromatic carbocycles. The topological polar surface area (TPSA) is 52.6 Å². The normalized spacial score (nSPS) is 20.8. The Bertz CT molecular complexity index is 828. The van der Waals surface area contributed by atoms with Crippen molar-refractivity contribution in [3.8, 4) is 0 Å². The number of halogens is 2.